The lowest BCUT2D eigenvalue weighted by molar-refractivity contribution is -0.140. The Balaban J connectivity index is 1.42. The number of alkyl halides is 3. The number of hydrogen-bond donors (Lipinski definition) is 4. The second-order valence-corrected chi connectivity index (χ2v) is 11.8. The van der Waals surface area contributed by atoms with Gasteiger partial charge in [0.15, 0.2) is 0 Å². The zero-order valence-corrected chi connectivity index (χ0v) is 23.6. The van der Waals surface area contributed by atoms with Crippen LogP contribution in [0.15, 0.2) is 28.2 Å². The minimum Gasteiger partial charge on any atom is -0.387 e. The first-order valence-corrected chi connectivity index (χ1v) is 14.8. The molecule has 3 unspecified atom stereocenters. The van der Waals surface area contributed by atoms with Crippen LogP contribution in [-0.2, 0) is 15.8 Å². The second kappa shape index (κ2) is 13.2. The van der Waals surface area contributed by atoms with Crippen molar-refractivity contribution in [3.05, 3.63) is 35.1 Å². The summed E-state index contributed by atoms with van der Waals surface area (Å²) in [4.78, 5) is 16.1. The normalized spacial score (nSPS) is 34.2. The summed E-state index contributed by atoms with van der Waals surface area (Å²) in [5.74, 6) is -0.893. The Bertz CT molecular complexity index is 1130. The fourth-order valence-electron chi connectivity index (χ4n) is 7.14. The zero-order valence-electron chi connectivity index (χ0n) is 23.6. The molecule has 1 aromatic carbocycles. The molecule has 9 nitrogen and oxygen atoms in total. The van der Waals surface area contributed by atoms with E-state index in [1.54, 1.807) is 0 Å². The molecule has 2 saturated heterocycles. The van der Waals surface area contributed by atoms with Crippen LogP contribution < -0.4 is 5.48 Å². The van der Waals surface area contributed by atoms with Crippen molar-refractivity contribution in [2.45, 2.75) is 113 Å². The quantitative estimate of drug-likeness (QED) is 0.297. The van der Waals surface area contributed by atoms with Gasteiger partial charge in [-0.05, 0) is 42.9 Å². The molecule has 3 fully saturated rings. The standard InChI is InChI=1S/C29H40F4N4O5/c1-41-36-26-18-14-21(16-9-7-5-3-2-4-6-8-10-16)37(27(18)35-15-34-26)28-24(40)23(39)25(42-28)22(38)17-11-12-19(20(30)13-17)29(31,32)33/h11-13,15-16,18,21-25,27-28,38-40H,2-10,14H2,1H3,(H,34,35,36)/t18?,21?,22-,23+,24-,25-,27?,28-/m1/s1. The number of likely N-dealkylation sites (tertiary alicyclic amines) is 1. The maximum atomic E-state index is 14.3. The van der Waals surface area contributed by atoms with Crippen molar-refractivity contribution >= 4 is 12.2 Å². The minimum absolute atomic E-state index is 0.0928. The van der Waals surface area contributed by atoms with Crippen molar-refractivity contribution in [2.24, 2.45) is 21.8 Å². The van der Waals surface area contributed by atoms with Gasteiger partial charge >= 0.3 is 6.18 Å². The Labute approximate surface area is 242 Å². The summed E-state index contributed by atoms with van der Waals surface area (Å²) in [5, 5.41) is 33.3. The lowest BCUT2D eigenvalue weighted by Crippen LogP contribution is -2.53. The van der Waals surface area contributed by atoms with Crippen LogP contribution in [0, 0.1) is 17.7 Å². The molecule has 4 N–H and O–H groups in total. The highest BCUT2D eigenvalue weighted by Gasteiger charge is 2.57. The summed E-state index contributed by atoms with van der Waals surface area (Å²) in [6.45, 7) is 0. The number of rotatable bonds is 5. The van der Waals surface area contributed by atoms with Crippen molar-refractivity contribution in [1.29, 1.82) is 0 Å². The number of benzene rings is 1. The number of aliphatic imine (C=N–C) groups is 2. The highest BCUT2D eigenvalue weighted by atomic mass is 19.4. The highest BCUT2D eigenvalue weighted by Crippen LogP contribution is 2.45. The summed E-state index contributed by atoms with van der Waals surface area (Å²) < 4.78 is 59.7. The van der Waals surface area contributed by atoms with Gasteiger partial charge in [0, 0.05) is 6.04 Å². The molecule has 1 aliphatic carbocycles. The number of aliphatic hydroxyl groups excluding tert-OH is 3. The van der Waals surface area contributed by atoms with Gasteiger partial charge in [0.2, 0.25) is 0 Å². The van der Waals surface area contributed by atoms with Crippen molar-refractivity contribution < 1.29 is 42.5 Å². The van der Waals surface area contributed by atoms with Crippen LogP contribution in [-0.4, -0.2) is 76.3 Å². The number of nitrogens with zero attached hydrogens (tertiary/aromatic N) is 3. The van der Waals surface area contributed by atoms with Crippen LogP contribution in [0.3, 0.4) is 0 Å². The van der Waals surface area contributed by atoms with Crippen molar-refractivity contribution in [3.8, 4) is 0 Å². The van der Waals surface area contributed by atoms with Gasteiger partial charge in [-0.25, -0.2) is 14.3 Å². The van der Waals surface area contributed by atoms with Gasteiger partial charge in [-0.2, -0.15) is 13.2 Å². The Hall–Kier alpha value is -2.16. The zero-order chi connectivity index (χ0) is 30.0. The number of aliphatic hydroxyl groups is 3. The molecule has 3 heterocycles. The van der Waals surface area contributed by atoms with Gasteiger partial charge in [0.1, 0.15) is 54.8 Å². The summed E-state index contributed by atoms with van der Waals surface area (Å²) in [6.07, 6.45) is -0.500. The lowest BCUT2D eigenvalue weighted by atomic mass is 9.84. The Morgan fingerprint density at radius 2 is 1.71 bits per heavy atom. The first kappa shape index (κ1) is 31.3. The fraction of sp³-hybridized carbons (Fsp3) is 0.724. The van der Waals surface area contributed by atoms with E-state index in [0.29, 0.717) is 24.4 Å². The Kier molecular flexibility index (Phi) is 9.85. The molecule has 5 rings (SSSR count). The Morgan fingerprint density at radius 1 is 1.05 bits per heavy atom. The lowest BCUT2D eigenvalue weighted by Gasteiger charge is -2.39. The van der Waals surface area contributed by atoms with Crippen LogP contribution in [0.25, 0.3) is 0 Å². The van der Waals surface area contributed by atoms with Gasteiger partial charge in [0.05, 0.1) is 18.6 Å². The Morgan fingerprint density at radius 3 is 2.33 bits per heavy atom. The fourth-order valence-corrected chi connectivity index (χ4v) is 7.14. The molecule has 0 bridgehead atoms. The molecule has 0 amide bonds. The molecule has 4 aliphatic rings. The largest absolute Gasteiger partial charge is 0.419 e. The number of hydrogen-bond acceptors (Lipinski definition) is 9. The van der Waals surface area contributed by atoms with Crippen molar-refractivity contribution in [1.82, 2.24) is 10.4 Å². The predicted octanol–water partition coefficient (Wildman–Crippen LogP) is 4.07. The number of hydroxylamine groups is 1. The van der Waals surface area contributed by atoms with Crippen LogP contribution in [0.1, 0.15) is 81.4 Å². The van der Waals surface area contributed by atoms with E-state index in [0.717, 1.165) is 44.6 Å². The van der Waals surface area contributed by atoms with Crippen LogP contribution >= 0.6 is 0 Å². The molecule has 8 atom stereocenters. The maximum absolute atomic E-state index is 14.3. The monoisotopic (exact) mass is 600 g/mol. The molecule has 0 spiro atoms. The van der Waals surface area contributed by atoms with E-state index >= 15 is 0 Å². The molecule has 0 aromatic heterocycles. The molecule has 3 aliphatic heterocycles. The number of fused-ring (bicyclic) bond motifs is 1. The van der Waals surface area contributed by atoms with E-state index in [4.69, 9.17) is 9.57 Å². The van der Waals surface area contributed by atoms with E-state index < -0.39 is 54.4 Å². The number of amidine groups is 1. The van der Waals surface area contributed by atoms with E-state index in [9.17, 15) is 32.9 Å². The average Bonchev–Trinajstić information content (AvgIpc) is 3.48. The first-order chi connectivity index (χ1) is 20.1. The van der Waals surface area contributed by atoms with Gasteiger partial charge in [-0.15, -0.1) is 0 Å². The number of ether oxygens (including phenoxy) is 1. The first-order valence-electron chi connectivity index (χ1n) is 14.8. The average molecular weight is 601 g/mol. The molecule has 0 radical (unpaired) electrons. The van der Waals surface area contributed by atoms with E-state index in [2.05, 4.69) is 15.5 Å². The second-order valence-electron chi connectivity index (χ2n) is 11.8. The van der Waals surface area contributed by atoms with Crippen molar-refractivity contribution in [3.63, 3.8) is 0 Å². The summed E-state index contributed by atoms with van der Waals surface area (Å²) in [6, 6.07) is 1.99. The van der Waals surface area contributed by atoms with Crippen molar-refractivity contribution in [2.75, 3.05) is 7.11 Å². The highest BCUT2D eigenvalue weighted by molar-refractivity contribution is 5.92. The SMILES string of the molecule is CONC1=NC=NC2C1CC(C1CCCCCCCCC1)N2[C@@H]1O[C@H]([C@H](O)c2ccc(C(F)(F)F)c(F)c2)[C@@H](O)[C@H]1O. The summed E-state index contributed by atoms with van der Waals surface area (Å²) >= 11 is 0. The molecular formula is C29H40F4N4O5. The molecule has 234 valence electrons. The molecule has 13 heteroatoms. The van der Waals surface area contributed by atoms with E-state index in [-0.39, 0.29) is 23.4 Å². The van der Waals surface area contributed by atoms with Crippen LogP contribution in [0.2, 0.25) is 0 Å². The smallest absolute Gasteiger partial charge is 0.387 e. The third kappa shape index (κ3) is 6.36. The molecular weight excluding hydrogens is 560 g/mol. The third-order valence-corrected chi connectivity index (χ3v) is 9.23. The van der Waals surface area contributed by atoms with E-state index in [1.165, 1.54) is 32.7 Å². The van der Waals surface area contributed by atoms with Crippen LogP contribution in [0.5, 0.6) is 0 Å². The minimum atomic E-state index is -4.89. The summed E-state index contributed by atoms with van der Waals surface area (Å²) in [5.41, 5.74) is 1.18. The van der Waals surface area contributed by atoms with Gasteiger partial charge in [-0.1, -0.05) is 51.0 Å². The summed E-state index contributed by atoms with van der Waals surface area (Å²) in [7, 11) is 1.49. The number of nitrogens with one attached hydrogen (secondary N) is 1. The van der Waals surface area contributed by atoms with Gasteiger partial charge in [0.25, 0.3) is 0 Å². The maximum Gasteiger partial charge on any atom is 0.419 e. The van der Waals surface area contributed by atoms with Crippen LogP contribution in [0.4, 0.5) is 17.6 Å². The number of halogens is 4. The third-order valence-electron chi connectivity index (χ3n) is 9.23. The molecule has 1 aromatic rings. The topological polar surface area (TPSA) is 119 Å². The predicted molar refractivity (Wildman–Crippen MR) is 146 cm³/mol. The molecule has 1 saturated carbocycles. The molecule has 42 heavy (non-hydrogen) atoms. The van der Waals surface area contributed by atoms with Gasteiger partial charge in [-0.3, -0.25) is 15.3 Å². The van der Waals surface area contributed by atoms with E-state index in [1.807, 2.05) is 4.90 Å². The van der Waals surface area contributed by atoms with Gasteiger partial charge < -0.3 is 20.1 Å².